The Kier molecular flexibility index (Phi) is 6.90. The van der Waals surface area contributed by atoms with E-state index in [1.165, 1.54) is 0 Å². The van der Waals surface area contributed by atoms with Crippen molar-refractivity contribution in [2.24, 2.45) is 0 Å². The van der Waals surface area contributed by atoms with Gasteiger partial charge in [-0.2, -0.15) is 8.42 Å². The first-order valence-corrected chi connectivity index (χ1v) is 9.42. The van der Waals surface area contributed by atoms with Gasteiger partial charge < -0.3 is 10.1 Å². The fourth-order valence-corrected chi connectivity index (χ4v) is 2.32. The van der Waals surface area contributed by atoms with Crippen LogP contribution in [0.2, 0.25) is 0 Å². The van der Waals surface area contributed by atoms with Gasteiger partial charge in [0, 0.05) is 6.54 Å². The molecular formula is C15H20N4O5S. The second-order valence-corrected chi connectivity index (χ2v) is 6.91. The highest BCUT2D eigenvalue weighted by Crippen LogP contribution is 2.01. The Morgan fingerprint density at radius 3 is 2.76 bits per heavy atom. The number of nitrogens with one attached hydrogen (secondary N) is 1. The van der Waals surface area contributed by atoms with Crippen molar-refractivity contribution in [2.75, 3.05) is 12.9 Å². The summed E-state index contributed by atoms with van der Waals surface area (Å²) in [6.45, 7) is 0.923. The van der Waals surface area contributed by atoms with Crippen LogP contribution in [0.4, 0.5) is 4.79 Å². The first kappa shape index (κ1) is 18.9. The molecular weight excluding hydrogens is 348 g/mol. The molecule has 136 valence electrons. The normalized spacial score (nSPS) is 11.2. The topological polar surface area (TPSA) is 112 Å². The third-order valence-electron chi connectivity index (χ3n) is 3.04. The second kappa shape index (κ2) is 9.14. The lowest BCUT2D eigenvalue weighted by molar-refractivity contribution is 0.139. The maximum atomic E-state index is 11.6. The number of ether oxygens (including phenoxy) is 1. The first-order chi connectivity index (χ1) is 11.9. The monoisotopic (exact) mass is 368 g/mol. The number of aromatic nitrogens is 3. The standard InChI is InChI=1S/C15H20N4O5S/c1-25(21,22)24-9-5-8-19-11-14(17-18-19)10-16-15(20)23-12-13-6-3-2-4-7-13/h2-4,6-7,11H,5,8-10,12H2,1H3,(H,16,20). The predicted molar refractivity (Wildman–Crippen MR) is 88.9 cm³/mol. The predicted octanol–water partition coefficient (Wildman–Crippen LogP) is 1.07. The zero-order valence-electron chi connectivity index (χ0n) is 13.8. The summed E-state index contributed by atoms with van der Waals surface area (Å²) in [6.07, 6.45) is 2.60. The third-order valence-corrected chi connectivity index (χ3v) is 3.64. The number of benzene rings is 1. The van der Waals surface area contributed by atoms with Crippen molar-refractivity contribution >= 4 is 16.2 Å². The molecule has 0 saturated heterocycles. The van der Waals surface area contributed by atoms with Crippen molar-refractivity contribution in [3.63, 3.8) is 0 Å². The molecule has 0 saturated carbocycles. The van der Waals surface area contributed by atoms with E-state index in [4.69, 9.17) is 4.74 Å². The average Bonchev–Trinajstić information content (AvgIpc) is 3.03. The van der Waals surface area contributed by atoms with Gasteiger partial charge in [-0.15, -0.1) is 5.10 Å². The number of carbonyl (C=O) groups excluding carboxylic acids is 1. The van der Waals surface area contributed by atoms with Crippen molar-refractivity contribution in [1.29, 1.82) is 0 Å². The van der Waals surface area contributed by atoms with Gasteiger partial charge in [-0.1, -0.05) is 35.5 Å². The largest absolute Gasteiger partial charge is 0.445 e. The molecule has 0 bridgehead atoms. The smallest absolute Gasteiger partial charge is 0.407 e. The van der Waals surface area contributed by atoms with E-state index in [0.29, 0.717) is 18.7 Å². The first-order valence-electron chi connectivity index (χ1n) is 7.60. The van der Waals surface area contributed by atoms with Gasteiger partial charge in [-0.05, 0) is 12.0 Å². The molecule has 1 aromatic carbocycles. The van der Waals surface area contributed by atoms with Gasteiger partial charge in [0.15, 0.2) is 0 Å². The van der Waals surface area contributed by atoms with E-state index >= 15 is 0 Å². The molecule has 0 aliphatic rings. The van der Waals surface area contributed by atoms with Crippen LogP contribution in [0.5, 0.6) is 0 Å². The molecule has 2 aromatic rings. The number of rotatable bonds is 9. The Bertz CT molecular complexity index is 776. The van der Waals surface area contributed by atoms with Crippen LogP contribution in [0.1, 0.15) is 17.7 Å². The zero-order valence-corrected chi connectivity index (χ0v) is 14.6. The molecule has 2 rings (SSSR count). The van der Waals surface area contributed by atoms with Crippen LogP contribution >= 0.6 is 0 Å². The van der Waals surface area contributed by atoms with E-state index in [9.17, 15) is 13.2 Å². The fourth-order valence-electron chi connectivity index (χ4n) is 1.90. The highest BCUT2D eigenvalue weighted by atomic mass is 32.2. The van der Waals surface area contributed by atoms with E-state index in [2.05, 4.69) is 19.8 Å². The summed E-state index contributed by atoms with van der Waals surface area (Å²) < 4.78 is 32.9. The van der Waals surface area contributed by atoms with Crippen LogP contribution in [-0.4, -0.2) is 42.4 Å². The van der Waals surface area contributed by atoms with Crippen LogP contribution in [0.25, 0.3) is 0 Å². The molecule has 9 nitrogen and oxygen atoms in total. The average molecular weight is 368 g/mol. The van der Waals surface area contributed by atoms with Gasteiger partial charge in [-0.3, -0.25) is 8.86 Å². The lowest BCUT2D eigenvalue weighted by atomic mass is 10.2. The number of carbonyl (C=O) groups is 1. The quantitative estimate of drug-likeness (QED) is 0.520. The lowest BCUT2D eigenvalue weighted by Crippen LogP contribution is -2.23. The third kappa shape index (κ3) is 7.77. The van der Waals surface area contributed by atoms with Crippen LogP contribution in [0.3, 0.4) is 0 Å². The molecule has 10 heteroatoms. The van der Waals surface area contributed by atoms with Crippen molar-refractivity contribution < 1.29 is 22.1 Å². The second-order valence-electron chi connectivity index (χ2n) is 5.27. The Hall–Kier alpha value is -2.46. The maximum absolute atomic E-state index is 11.6. The molecule has 1 N–H and O–H groups in total. The molecule has 0 fully saturated rings. The van der Waals surface area contributed by atoms with Gasteiger partial charge in [0.25, 0.3) is 10.1 Å². The molecule has 0 radical (unpaired) electrons. The van der Waals surface area contributed by atoms with E-state index in [1.807, 2.05) is 30.3 Å². The minimum absolute atomic E-state index is 0.0814. The van der Waals surface area contributed by atoms with Gasteiger partial charge in [0.2, 0.25) is 0 Å². The Labute approximate surface area is 146 Å². The van der Waals surface area contributed by atoms with Gasteiger partial charge in [0.05, 0.1) is 25.6 Å². The SMILES string of the molecule is CS(=O)(=O)OCCCn1cc(CNC(=O)OCc2ccccc2)nn1. The van der Waals surface area contributed by atoms with Crippen LogP contribution < -0.4 is 5.32 Å². The van der Waals surface area contributed by atoms with Crippen LogP contribution in [0, 0.1) is 0 Å². The van der Waals surface area contributed by atoms with Gasteiger partial charge in [0.1, 0.15) is 12.3 Å². The number of hydrogen-bond donors (Lipinski definition) is 1. The number of aryl methyl sites for hydroxylation is 1. The van der Waals surface area contributed by atoms with E-state index in [0.717, 1.165) is 11.8 Å². The summed E-state index contributed by atoms with van der Waals surface area (Å²) in [7, 11) is -3.42. The molecule has 1 aromatic heterocycles. The summed E-state index contributed by atoms with van der Waals surface area (Å²) in [5.41, 5.74) is 1.47. The minimum atomic E-state index is -3.42. The summed E-state index contributed by atoms with van der Waals surface area (Å²) in [5, 5.41) is 10.4. The van der Waals surface area contributed by atoms with Gasteiger partial charge >= 0.3 is 6.09 Å². The number of hydrogen-bond acceptors (Lipinski definition) is 7. The van der Waals surface area contributed by atoms with Crippen LogP contribution in [0.15, 0.2) is 36.5 Å². The summed E-state index contributed by atoms with van der Waals surface area (Å²) in [5.74, 6) is 0. The summed E-state index contributed by atoms with van der Waals surface area (Å²) >= 11 is 0. The van der Waals surface area contributed by atoms with Gasteiger partial charge in [-0.25, -0.2) is 4.79 Å². The van der Waals surface area contributed by atoms with Crippen LogP contribution in [-0.2, 0) is 38.7 Å². The molecule has 0 spiro atoms. The van der Waals surface area contributed by atoms with Crippen molar-refractivity contribution in [3.05, 3.63) is 47.8 Å². The Morgan fingerprint density at radius 1 is 1.28 bits per heavy atom. The van der Waals surface area contributed by atoms with Crippen molar-refractivity contribution in [1.82, 2.24) is 20.3 Å². The van der Waals surface area contributed by atoms with Crippen molar-refractivity contribution in [3.8, 4) is 0 Å². The Balaban J connectivity index is 1.66. The van der Waals surface area contributed by atoms with E-state index in [-0.39, 0.29) is 19.8 Å². The summed E-state index contributed by atoms with van der Waals surface area (Å²) in [4.78, 5) is 11.6. The Morgan fingerprint density at radius 2 is 2.04 bits per heavy atom. The van der Waals surface area contributed by atoms with Crippen molar-refractivity contribution in [2.45, 2.75) is 26.1 Å². The molecule has 25 heavy (non-hydrogen) atoms. The van der Waals surface area contributed by atoms with E-state index in [1.54, 1.807) is 10.9 Å². The molecule has 0 unspecified atom stereocenters. The molecule has 0 aliphatic carbocycles. The summed E-state index contributed by atoms with van der Waals surface area (Å²) in [6, 6.07) is 9.37. The molecule has 0 atom stereocenters. The zero-order chi connectivity index (χ0) is 18.1. The number of amides is 1. The lowest BCUT2D eigenvalue weighted by Gasteiger charge is -2.05. The molecule has 1 amide bonds. The highest BCUT2D eigenvalue weighted by molar-refractivity contribution is 7.85. The molecule has 0 aliphatic heterocycles. The van der Waals surface area contributed by atoms with E-state index < -0.39 is 16.2 Å². The number of nitrogens with zero attached hydrogens (tertiary/aromatic N) is 3. The molecule has 1 heterocycles. The minimum Gasteiger partial charge on any atom is -0.445 e. The number of alkyl carbamates (subject to hydrolysis) is 1. The fraction of sp³-hybridized carbons (Fsp3) is 0.400. The maximum Gasteiger partial charge on any atom is 0.407 e. The highest BCUT2D eigenvalue weighted by Gasteiger charge is 2.06.